The van der Waals surface area contributed by atoms with Crippen molar-refractivity contribution in [2.45, 2.75) is 0 Å². The molecule has 2 aromatic rings. The van der Waals surface area contributed by atoms with Gasteiger partial charge in [-0.15, -0.1) is 0 Å². The van der Waals surface area contributed by atoms with Crippen LogP contribution in [-0.4, -0.2) is 5.11 Å². The molecule has 2 aromatic carbocycles. The quantitative estimate of drug-likeness (QED) is 0.899. The third kappa shape index (κ3) is 2.52. The number of ether oxygens (including phenoxy) is 1. The number of phenolic OH excluding ortho intramolecular Hbond substituents is 1. The molecule has 82 valence electrons. The first kappa shape index (κ1) is 11.0. The molecule has 0 radical (unpaired) electrons. The van der Waals surface area contributed by atoms with E-state index in [1.54, 1.807) is 24.3 Å². The first-order valence-electron chi connectivity index (χ1n) is 4.57. The second-order valence-electron chi connectivity index (χ2n) is 3.17. The number of halogens is 2. The van der Waals surface area contributed by atoms with Crippen molar-refractivity contribution in [2.24, 2.45) is 0 Å². The van der Waals surface area contributed by atoms with Gasteiger partial charge < -0.3 is 9.84 Å². The molecule has 16 heavy (non-hydrogen) atoms. The van der Waals surface area contributed by atoms with Gasteiger partial charge in [0, 0.05) is 10.5 Å². The van der Waals surface area contributed by atoms with Crippen LogP contribution in [0.2, 0.25) is 0 Å². The van der Waals surface area contributed by atoms with E-state index in [0.29, 0.717) is 5.75 Å². The van der Waals surface area contributed by atoms with Crippen LogP contribution in [0.15, 0.2) is 46.9 Å². The van der Waals surface area contributed by atoms with Gasteiger partial charge in [-0.25, -0.2) is 4.39 Å². The summed E-state index contributed by atoms with van der Waals surface area (Å²) in [5.74, 6) is -0.100. The lowest BCUT2D eigenvalue weighted by Crippen LogP contribution is -1.87. The number of hydrogen-bond acceptors (Lipinski definition) is 2. The Kier molecular flexibility index (Phi) is 3.10. The van der Waals surface area contributed by atoms with Crippen LogP contribution in [0.3, 0.4) is 0 Å². The first-order chi connectivity index (χ1) is 7.65. The number of phenols is 1. The molecule has 0 fully saturated rings. The average Bonchev–Trinajstić information content (AvgIpc) is 2.25. The van der Waals surface area contributed by atoms with Crippen molar-refractivity contribution in [1.29, 1.82) is 0 Å². The zero-order valence-electron chi connectivity index (χ0n) is 8.15. The van der Waals surface area contributed by atoms with Crippen molar-refractivity contribution in [3.63, 3.8) is 0 Å². The highest BCUT2D eigenvalue weighted by atomic mass is 79.9. The second-order valence-corrected chi connectivity index (χ2v) is 4.09. The van der Waals surface area contributed by atoms with E-state index in [-0.39, 0.29) is 11.5 Å². The lowest BCUT2D eigenvalue weighted by atomic mass is 10.3. The van der Waals surface area contributed by atoms with Crippen LogP contribution in [-0.2, 0) is 0 Å². The number of rotatable bonds is 2. The maximum Gasteiger partial charge on any atom is 0.169 e. The zero-order valence-corrected chi connectivity index (χ0v) is 9.74. The molecule has 0 amide bonds. The molecule has 0 heterocycles. The highest BCUT2D eigenvalue weighted by Crippen LogP contribution is 2.27. The Balaban J connectivity index is 2.23. The zero-order chi connectivity index (χ0) is 11.5. The second kappa shape index (κ2) is 4.53. The van der Waals surface area contributed by atoms with Gasteiger partial charge >= 0.3 is 0 Å². The number of aromatic hydroxyl groups is 1. The molecule has 0 aromatic heterocycles. The molecule has 2 nitrogen and oxygen atoms in total. The van der Waals surface area contributed by atoms with Crippen LogP contribution >= 0.6 is 15.9 Å². The van der Waals surface area contributed by atoms with E-state index in [1.807, 2.05) is 0 Å². The summed E-state index contributed by atoms with van der Waals surface area (Å²) < 4.78 is 19.6. The summed E-state index contributed by atoms with van der Waals surface area (Å²) in [6, 6.07) is 10.8. The molecular weight excluding hydrogens is 275 g/mol. The minimum absolute atomic E-state index is 0.0834. The molecule has 0 spiro atoms. The fourth-order valence-electron chi connectivity index (χ4n) is 1.20. The normalized spacial score (nSPS) is 10.1. The Morgan fingerprint density at radius 1 is 1.06 bits per heavy atom. The van der Waals surface area contributed by atoms with Crippen molar-refractivity contribution < 1.29 is 14.2 Å². The highest BCUT2D eigenvalue weighted by molar-refractivity contribution is 9.10. The topological polar surface area (TPSA) is 29.5 Å². The van der Waals surface area contributed by atoms with E-state index >= 15 is 0 Å². The van der Waals surface area contributed by atoms with Gasteiger partial charge in [-0.05, 0) is 36.4 Å². The standard InChI is InChI=1S/C12H8BrFO2/c13-8-1-4-10(5-2-8)16-12-6-3-9(15)7-11(12)14/h1-7,15H. The maximum atomic E-state index is 13.3. The lowest BCUT2D eigenvalue weighted by molar-refractivity contribution is 0.429. The summed E-state index contributed by atoms with van der Waals surface area (Å²) in [5, 5.41) is 9.04. The predicted molar refractivity (Wildman–Crippen MR) is 62.3 cm³/mol. The summed E-state index contributed by atoms with van der Waals surface area (Å²) >= 11 is 3.29. The highest BCUT2D eigenvalue weighted by Gasteiger charge is 2.05. The van der Waals surface area contributed by atoms with Crippen LogP contribution in [0.1, 0.15) is 0 Å². The number of hydrogen-bond donors (Lipinski definition) is 1. The molecule has 4 heteroatoms. The van der Waals surface area contributed by atoms with Gasteiger partial charge in [0.05, 0.1) is 0 Å². The van der Waals surface area contributed by atoms with E-state index in [4.69, 9.17) is 9.84 Å². The van der Waals surface area contributed by atoms with Crippen molar-refractivity contribution in [3.8, 4) is 17.2 Å². The van der Waals surface area contributed by atoms with Gasteiger partial charge in [-0.3, -0.25) is 0 Å². The average molecular weight is 283 g/mol. The Morgan fingerprint density at radius 2 is 1.75 bits per heavy atom. The summed E-state index contributed by atoms with van der Waals surface area (Å²) in [4.78, 5) is 0. The first-order valence-corrected chi connectivity index (χ1v) is 5.36. The molecule has 0 aliphatic carbocycles. The van der Waals surface area contributed by atoms with E-state index in [2.05, 4.69) is 15.9 Å². The molecule has 0 bridgehead atoms. The Bertz CT molecular complexity index is 497. The van der Waals surface area contributed by atoms with Gasteiger partial charge in [0.25, 0.3) is 0 Å². The van der Waals surface area contributed by atoms with Crippen LogP contribution in [0.4, 0.5) is 4.39 Å². The van der Waals surface area contributed by atoms with Crippen LogP contribution in [0, 0.1) is 5.82 Å². The summed E-state index contributed by atoms with van der Waals surface area (Å²) in [6.45, 7) is 0. The van der Waals surface area contributed by atoms with E-state index in [0.717, 1.165) is 10.5 Å². The Hall–Kier alpha value is -1.55. The summed E-state index contributed by atoms with van der Waals surface area (Å²) in [5.41, 5.74) is 0. The van der Waals surface area contributed by atoms with Crippen LogP contribution in [0.25, 0.3) is 0 Å². The van der Waals surface area contributed by atoms with Gasteiger partial charge in [0.15, 0.2) is 11.6 Å². The van der Waals surface area contributed by atoms with Gasteiger partial charge in [0.1, 0.15) is 11.5 Å². The van der Waals surface area contributed by atoms with Crippen LogP contribution < -0.4 is 4.74 Å². The molecule has 0 unspecified atom stereocenters. The lowest BCUT2D eigenvalue weighted by Gasteiger charge is -2.06. The largest absolute Gasteiger partial charge is 0.508 e. The molecule has 0 aliphatic heterocycles. The summed E-state index contributed by atoms with van der Waals surface area (Å²) in [6.07, 6.45) is 0. The molecule has 0 saturated heterocycles. The minimum atomic E-state index is -0.595. The van der Waals surface area contributed by atoms with E-state index in [1.165, 1.54) is 12.1 Å². The van der Waals surface area contributed by atoms with Gasteiger partial charge in [-0.1, -0.05) is 15.9 Å². The molecule has 0 atom stereocenters. The molecule has 0 saturated carbocycles. The SMILES string of the molecule is Oc1ccc(Oc2ccc(Br)cc2)c(F)c1. The van der Waals surface area contributed by atoms with Crippen molar-refractivity contribution in [3.05, 3.63) is 52.8 Å². The Morgan fingerprint density at radius 3 is 2.38 bits per heavy atom. The number of benzene rings is 2. The maximum absolute atomic E-state index is 13.3. The van der Waals surface area contributed by atoms with E-state index < -0.39 is 5.82 Å². The third-order valence-electron chi connectivity index (χ3n) is 1.96. The Labute approximate surface area is 100 Å². The predicted octanol–water partition coefficient (Wildman–Crippen LogP) is 4.09. The van der Waals surface area contributed by atoms with Gasteiger partial charge in [-0.2, -0.15) is 0 Å². The molecular formula is C12H8BrFO2. The van der Waals surface area contributed by atoms with Crippen molar-refractivity contribution in [2.75, 3.05) is 0 Å². The van der Waals surface area contributed by atoms with Crippen molar-refractivity contribution >= 4 is 15.9 Å². The molecule has 0 aliphatic rings. The fourth-order valence-corrected chi connectivity index (χ4v) is 1.47. The van der Waals surface area contributed by atoms with Crippen LogP contribution in [0.5, 0.6) is 17.2 Å². The molecule has 1 N–H and O–H groups in total. The monoisotopic (exact) mass is 282 g/mol. The summed E-state index contributed by atoms with van der Waals surface area (Å²) in [7, 11) is 0. The fraction of sp³-hybridized carbons (Fsp3) is 0. The minimum Gasteiger partial charge on any atom is -0.508 e. The van der Waals surface area contributed by atoms with Crippen molar-refractivity contribution in [1.82, 2.24) is 0 Å². The third-order valence-corrected chi connectivity index (χ3v) is 2.49. The molecule has 2 rings (SSSR count). The van der Waals surface area contributed by atoms with Gasteiger partial charge in [0.2, 0.25) is 0 Å². The van der Waals surface area contributed by atoms with E-state index in [9.17, 15) is 4.39 Å². The smallest absolute Gasteiger partial charge is 0.169 e.